The smallest absolute Gasteiger partial charge is 0.0434 e. The van der Waals surface area contributed by atoms with E-state index >= 15 is 0 Å². The minimum Gasteiger partial charge on any atom is -0.135 e. The van der Waals surface area contributed by atoms with E-state index in [2.05, 4.69) is 206 Å². The van der Waals surface area contributed by atoms with Crippen LogP contribution < -0.4 is 0 Å². The molecule has 0 amide bonds. The third-order valence-electron chi connectivity index (χ3n) is 12.0. The molecular formula is C56H34S. The molecule has 0 aliphatic carbocycles. The number of hydrogen-bond acceptors (Lipinski definition) is 1. The second kappa shape index (κ2) is 12.7. The van der Waals surface area contributed by atoms with Gasteiger partial charge in [-0.2, -0.15) is 0 Å². The summed E-state index contributed by atoms with van der Waals surface area (Å²) in [6.45, 7) is 0. The fourth-order valence-corrected chi connectivity index (χ4v) is 10.9. The van der Waals surface area contributed by atoms with E-state index in [-0.39, 0.29) is 0 Å². The van der Waals surface area contributed by atoms with Crippen molar-refractivity contribution in [2.45, 2.75) is 0 Å². The maximum atomic E-state index is 2.45. The third kappa shape index (κ3) is 4.86. The number of fused-ring (bicyclic) bond motifs is 8. The molecule has 264 valence electrons. The quantitative estimate of drug-likeness (QED) is 0.158. The van der Waals surface area contributed by atoms with Crippen molar-refractivity contribution in [2.24, 2.45) is 0 Å². The van der Waals surface area contributed by atoms with Crippen molar-refractivity contribution in [3.8, 4) is 44.5 Å². The lowest BCUT2D eigenvalue weighted by Crippen LogP contribution is -1.91. The summed E-state index contributed by atoms with van der Waals surface area (Å²) in [5.41, 5.74) is 10.2. The maximum absolute atomic E-state index is 2.45. The first-order valence-corrected chi connectivity index (χ1v) is 20.5. The van der Waals surface area contributed by atoms with Crippen LogP contribution in [-0.4, -0.2) is 0 Å². The van der Waals surface area contributed by atoms with E-state index in [1.165, 1.54) is 119 Å². The zero-order valence-electron chi connectivity index (χ0n) is 31.0. The Morgan fingerprint density at radius 3 is 1.26 bits per heavy atom. The average Bonchev–Trinajstić information content (AvgIpc) is 3.66. The van der Waals surface area contributed by atoms with Gasteiger partial charge in [0.2, 0.25) is 0 Å². The monoisotopic (exact) mass is 738 g/mol. The van der Waals surface area contributed by atoms with Crippen molar-refractivity contribution in [1.29, 1.82) is 0 Å². The average molecular weight is 739 g/mol. The van der Waals surface area contributed by atoms with E-state index in [9.17, 15) is 0 Å². The molecule has 0 radical (unpaired) electrons. The van der Waals surface area contributed by atoms with Gasteiger partial charge in [0.1, 0.15) is 0 Å². The van der Waals surface area contributed by atoms with Gasteiger partial charge in [0.05, 0.1) is 0 Å². The van der Waals surface area contributed by atoms with Crippen LogP contribution in [0.3, 0.4) is 0 Å². The first kappa shape index (κ1) is 32.2. The predicted molar refractivity (Wildman–Crippen MR) is 249 cm³/mol. The molecule has 1 aromatic heterocycles. The van der Waals surface area contributed by atoms with E-state index in [0.717, 1.165) is 0 Å². The normalized spacial score (nSPS) is 11.9. The summed E-state index contributed by atoms with van der Waals surface area (Å²) >= 11 is 1.92. The molecule has 11 aromatic carbocycles. The van der Waals surface area contributed by atoms with Crippen molar-refractivity contribution in [1.82, 2.24) is 0 Å². The van der Waals surface area contributed by atoms with Crippen LogP contribution in [0.5, 0.6) is 0 Å². The summed E-state index contributed by atoms with van der Waals surface area (Å²) in [6.07, 6.45) is 0. The first-order valence-electron chi connectivity index (χ1n) is 19.7. The second-order valence-corrected chi connectivity index (χ2v) is 16.1. The lowest BCUT2D eigenvalue weighted by Gasteiger charge is -2.18. The summed E-state index contributed by atoms with van der Waals surface area (Å²) in [5.74, 6) is 0. The Morgan fingerprint density at radius 2 is 0.667 bits per heavy atom. The molecule has 0 saturated carbocycles. The van der Waals surface area contributed by atoms with Gasteiger partial charge < -0.3 is 0 Å². The maximum Gasteiger partial charge on any atom is 0.0434 e. The zero-order valence-corrected chi connectivity index (χ0v) is 31.9. The zero-order chi connectivity index (χ0) is 37.5. The van der Waals surface area contributed by atoms with Gasteiger partial charge in [-0.1, -0.05) is 200 Å². The van der Waals surface area contributed by atoms with Gasteiger partial charge in [-0.25, -0.2) is 0 Å². The predicted octanol–water partition coefficient (Wildman–Crippen LogP) is 16.5. The molecule has 0 saturated heterocycles. The largest absolute Gasteiger partial charge is 0.135 e. The molecular weight excluding hydrogens is 705 g/mol. The highest BCUT2D eigenvalue weighted by Crippen LogP contribution is 2.50. The topological polar surface area (TPSA) is 0 Å². The van der Waals surface area contributed by atoms with Gasteiger partial charge in [0.25, 0.3) is 0 Å². The van der Waals surface area contributed by atoms with E-state index < -0.39 is 0 Å². The standard InChI is InChI=1S/C56H34S/c1-2-17-36(18-3-1)52-41-21-6-12-27-47(41)55(48-28-13-7-22-42(48)52)50-31-15-30-49-39-33-32-37(34-51(39)57-56(49)50)53-43-23-8-10-25-45(43)54(46-26-11-9-24-44(46)53)40-29-14-19-35-16-4-5-20-38(35)40/h1-34H. The molecule has 0 nitrogen and oxygen atoms in total. The first-order chi connectivity index (χ1) is 28.3. The van der Waals surface area contributed by atoms with Gasteiger partial charge in [0.15, 0.2) is 0 Å². The molecule has 0 atom stereocenters. The highest BCUT2D eigenvalue weighted by molar-refractivity contribution is 7.26. The second-order valence-electron chi connectivity index (χ2n) is 15.1. The minimum absolute atomic E-state index is 1.24. The summed E-state index contributed by atoms with van der Waals surface area (Å²) in [4.78, 5) is 0. The Labute approximate surface area is 334 Å². The summed E-state index contributed by atoms with van der Waals surface area (Å²) in [6, 6.07) is 76.3. The number of hydrogen-bond donors (Lipinski definition) is 0. The highest BCUT2D eigenvalue weighted by atomic mass is 32.1. The molecule has 0 aliphatic heterocycles. The van der Waals surface area contributed by atoms with Crippen LogP contribution in [0, 0.1) is 0 Å². The van der Waals surface area contributed by atoms with Crippen LogP contribution >= 0.6 is 11.3 Å². The van der Waals surface area contributed by atoms with E-state index in [4.69, 9.17) is 0 Å². The van der Waals surface area contributed by atoms with E-state index in [0.29, 0.717) is 0 Å². The van der Waals surface area contributed by atoms with Gasteiger partial charge in [-0.15, -0.1) is 11.3 Å². The Bertz CT molecular complexity index is 3450. The molecule has 0 fully saturated rings. The summed E-state index contributed by atoms with van der Waals surface area (Å²) in [5, 5.41) is 15.4. The van der Waals surface area contributed by atoms with Crippen molar-refractivity contribution >= 4 is 85.4 Å². The Hall–Kier alpha value is -7.06. The van der Waals surface area contributed by atoms with Crippen LogP contribution in [0.25, 0.3) is 119 Å². The van der Waals surface area contributed by atoms with Crippen LogP contribution in [0.1, 0.15) is 0 Å². The van der Waals surface area contributed by atoms with Gasteiger partial charge >= 0.3 is 0 Å². The van der Waals surface area contributed by atoms with E-state index in [1.807, 2.05) is 11.3 Å². The Balaban J connectivity index is 1.11. The van der Waals surface area contributed by atoms with Crippen LogP contribution in [0.2, 0.25) is 0 Å². The molecule has 1 heteroatoms. The molecule has 0 unspecified atom stereocenters. The molecule has 0 aliphatic rings. The number of benzene rings is 11. The molecule has 0 bridgehead atoms. The molecule has 0 N–H and O–H groups in total. The number of rotatable bonds is 4. The van der Waals surface area contributed by atoms with Gasteiger partial charge in [-0.05, 0) is 98.9 Å². The van der Waals surface area contributed by atoms with Crippen LogP contribution in [0.15, 0.2) is 206 Å². The van der Waals surface area contributed by atoms with Crippen molar-refractivity contribution < 1.29 is 0 Å². The van der Waals surface area contributed by atoms with E-state index in [1.54, 1.807) is 0 Å². The number of thiophene rings is 1. The van der Waals surface area contributed by atoms with Gasteiger partial charge in [-0.3, -0.25) is 0 Å². The van der Waals surface area contributed by atoms with Crippen molar-refractivity contribution in [3.05, 3.63) is 206 Å². The van der Waals surface area contributed by atoms with Crippen LogP contribution in [0.4, 0.5) is 0 Å². The SMILES string of the molecule is c1ccc(-c2c3ccccc3c(-c3cccc4c3sc3cc(-c5c6ccccc6c(-c6cccc7ccccc67)c6ccccc56)ccc34)c3ccccc23)cc1. The van der Waals surface area contributed by atoms with Crippen molar-refractivity contribution in [3.63, 3.8) is 0 Å². The van der Waals surface area contributed by atoms with Gasteiger partial charge in [0, 0.05) is 25.7 Å². The summed E-state index contributed by atoms with van der Waals surface area (Å²) in [7, 11) is 0. The minimum atomic E-state index is 1.24. The Morgan fingerprint density at radius 1 is 0.246 bits per heavy atom. The molecule has 12 rings (SSSR count). The molecule has 0 spiro atoms. The highest BCUT2D eigenvalue weighted by Gasteiger charge is 2.21. The summed E-state index contributed by atoms with van der Waals surface area (Å²) < 4.78 is 2.63. The lowest BCUT2D eigenvalue weighted by molar-refractivity contribution is 1.67. The fraction of sp³-hybridized carbons (Fsp3) is 0. The Kier molecular flexibility index (Phi) is 7.20. The molecule has 12 aromatic rings. The lowest BCUT2D eigenvalue weighted by atomic mass is 9.84. The molecule has 57 heavy (non-hydrogen) atoms. The molecule has 1 heterocycles. The fourth-order valence-electron chi connectivity index (χ4n) is 9.66. The van der Waals surface area contributed by atoms with Crippen molar-refractivity contribution in [2.75, 3.05) is 0 Å². The third-order valence-corrected chi connectivity index (χ3v) is 13.2. The van der Waals surface area contributed by atoms with Crippen LogP contribution in [-0.2, 0) is 0 Å².